The largest absolute Gasteiger partial charge is 0.477 e. The van der Waals surface area contributed by atoms with Crippen LogP contribution in [0.5, 0.6) is 0 Å². The van der Waals surface area contributed by atoms with Crippen LogP contribution in [0.25, 0.3) is 0 Å². The van der Waals surface area contributed by atoms with Crippen molar-refractivity contribution in [2.75, 3.05) is 6.54 Å². The summed E-state index contributed by atoms with van der Waals surface area (Å²) in [4.78, 5) is 26.8. The van der Waals surface area contributed by atoms with Gasteiger partial charge in [-0.25, -0.2) is 14.6 Å². The monoisotopic (exact) mass is 313 g/mol. The highest BCUT2D eigenvalue weighted by Crippen LogP contribution is 2.17. The summed E-state index contributed by atoms with van der Waals surface area (Å²) < 4.78 is 0. The smallest absolute Gasteiger partial charge is 0.347 e. The van der Waals surface area contributed by atoms with Gasteiger partial charge in [-0.05, 0) is 19.3 Å². The van der Waals surface area contributed by atoms with E-state index in [-0.39, 0.29) is 17.5 Å². The number of hydrogen-bond acceptors (Lipinski definition) is 4. The van der Waals surface area contributed by atoms with Crippen LogP contribution < -0.4 is 10.6 Å². The second kappa shape index (κ2) is 8.61. The van der Waals surface area contributed by atoms with Crippen LogP contribution in [0.15, 0.2) is 0 Å². The SMILES string of the molecule is Cc1nc(CNC(=O)NCCCCC(C)C)sc1C(=O)O. The lowest BCUT2D eigenvalue weighted by molar-refractivity contribution is 0.0701. The minimum Gasteiger partial charge on any atom is -0.477 e. The van der Waals surface area contributed by atoms with Crippen LogP contribution >= 0.6 is 11.3 Å². The normalized spacial score (nSPS) is 10.7. The summed E-state index contributed by atoms with van der Waals surface area (Å²) in [6.45, 7) is 6.91. The average molecular weight is 313 g/mol. The quantitative estimate of drug-likeness (QED) is 0.644. The van der Waals surface area contributed by atoms with Crippen LogP contribution in [-0.4, -0.2) is 28.6 Å². The number of urea groups is 1. The molecule has 2 amide bonds. The lowest BCUT2D eigenvalue weighted by Gasteiger charge is -2.07. The van der Waals surface area contributed by atoms with Crippen molar-refractivity contribution in [1.82, 2.24) is 15.6 Å². The number of amides is 2. The molecule has 6 nitrogen and oxygen atoms in total. The van der Waals surface area contributed by atoms with Gasteiger partial charge >= 0.3 is 12.0 Å². The van der Waals surface area contributed by atoms with E-state index in [0.29, 0.717) is 23.2 Å². The van der Waals surface area contributed by atoms with Crippen LogP contribution in [0.3, 0.4) is 0 Å². The fraction of sp³-hybridized carbons (Fsp3) is 0.643. The van der Waals surface area contributed by atoms with Crippen LogP contribution in [0.2, 0.25) is 0 Å². The van der Waals surface area contributed by atoms with Crippen molar-refractivity contribution in [2.24, 2.45) is 5.92 Å². The van der Waals surface area contributed by atoms with Gasteiger partial charge in [-0.1, -0.05) is 26.7 Å². The zero-order valence-corrected chi connectivity index (χ0v) is 13.5. The number of aromatic nitrogens is 1. The molecule has 0 radical (unpaired) electrons. The lowest BCUT2D eigenvalue weighted by Crippen LogP contribution is -2.35. The summed E-state index contributed by atoms with van der Waals surface area (Å²) in [5.41, 5.74) is 0.485. The molecule has 3 N–H and O–H groups in total. The molecular weight excluding hydrogens is 290 g/mol. The maximum atomic E-state index is 11.6. The van der Waals surface area contributed by atoms with Gasteiger partial charge in [0.25, 0.3) is 0 Å². The van der Waals surface area contributed by atoms with E-state index in [0.717, 1.165) is 24.2 Å². The molecule has 0 fully saturated rings. The molecule has 0 aliphatic carbocycles. The highest BCUT2D eigenvalue weighted by Gasteiger charge is 2.14. The summed E-state index contributed by atoms with van der Waals surface area (Å²) in [6, 6.07) is -0.246. The second-order valence-electron chi connectivity index (χ2n) is 5.33. The Morgan fingerprint density at radius 2 is 2.00 bits per heavy atom. The number of nitrogens with zero attached hydrogens (tertiary/aromatic N) is 1. The number of hydrogen-bond donors (Lipinski definition) is 3. The number of thiazole rings is 1. The van der Waals surface area contributed by atoms with Crippen molar-refractivity contribution in [1.29, 1.82) is 0 Å². The van der Waals surface area contributed by atoms with E-state index in [1.165, 1.54) is 6.42 Å². The molecule has 1 aromatic rings. The van der Waals surface area contributed by atoms with Gasteiger partial charge in [0.15, 0.2) is 0 Å². The third-order valence-electron chi connectivity index (χ3n) is 2.93. The van der Waals surface area contributed by atoms with Crippen LogP contribution in [-0.2, 0) is 6.54 Å². The van der Waals surface area contributed by atoms with Gasteiger partial charge in [0.1, 0.15) is 9.88 Å². The summed E-state index contributed by atoms with van der Waals surface area (Å²) in [6.07, 6.45) is 3.23. The first-order valence-corrected chi connectivity index (χ1v) is 7.93. The van der Waals surface area contributed by atoms with E-state index < -0.39 is 5.97 Å². The molecule has 1 heterocycles. The maximum Gasteiger partial charge on any atom is 0.347 e. The van der Waals surface area contributed by atoms with E-state index in [2.05, 4.69) is 29.5 Å². The van der Waals surface area contributed by atoms with Crippen LogP contribution in [0.1, 0.15) is 53.5 Å². The molecule has 0 saturated heterocycles. The molecule has 7 heteroatoms. The summed E-state index contributed by atoms with van der Waals surface area (Å²) in [5.74, 6) is -0.291. The summed E-state index contributed by atoms with van der Waals surface area (Å²) in [7, 11) is 0. The molecule has 0 bridgehead atoms. The minimum atomic E-state index is -0.981. The molecule has 0 saturated carbocycles. The average Bonchev–Trinajstić information content (AvgIpc) is 2.77. The van der Waals surface area contributed by atoms with Crippen LogP contribution in [0, 0.1) is 12.8 Å². The number of aryl methyl sites for hydroxylation is 1. The zero-order valence-electron chi connectivity index (χ0n) is 12.7. The highest BCUT2D eigenvalue weighted by molar-refractivity contribution is 7.13. The standard InChI is InChI=1S/C14H23N3O3S/c1-9(2)6-4-5-7-15-14(20)16-8-11-17-10(3)12(21-11)13(18)19/h9H,4-8H2,1-3H3,(H,18,19)(H2,15,16,20). The van der Waals surface area contributed by atoms with E-state index >= 15 is 0 Å². The number of rotatable bonds is 8. The Bertz CT molecular complexity index is 486. The molecular formula is C14H23N3O3S. The molecule has 0 spiro atoms. The van der Waals surface area contributed by atoms with Crippen molar-refractivity contribution < 1.29 is 14.7 Å². The molecule has 0 aromatic carbocycles. The van der Waals surface area contributed by atoms with E-state index in [1.807, 2.05) is 0 Å². The van der Waals surface area contributed by atoms with Crippen molar-refractivity contribution in [3.05, 3.63) is 15.6 Å². The lowest BCUT2D eigenvalue weighted by atomic mass is 10.1. The van der Waals surface area contributed by atoms with Crippen molar-refractivity contribution >= 4 is 23.3 Å². The predicted molar refractivity (Wildman–Crippen MR) is 82.7 cm³/mol. The zero-order chi connectivity index (χ0) is 15.8. The Labute approximate surface area is 129 Å². The molecule has 0 atom stereocenters. The Morgan fingerprint density at radius 3 is 2.57 bits per heavy atom. The van der Waals surface area contributed by atoms with E-state index in [9.17, 15) is 9.59 Å². The number of carboxylic acids is 1. The van der Waals surface area contributed by atoms with Crippen molar-refractivity contribution in [3.8, 4) is 0 Å². The molecule has 1 aromatic heterocycles. The van der Waals surface area contributed by atoms with Gasteiger partial charge in [-0.2, -0.15) is 0 Å². The summed E-state index contributed by atoms with van der Waals surface area (Å²) >= 11 is 1.09. The Balaban J connectivity index is 2.24. The number of unbranched alkanes of at least 4 members (excludes halogenated alkanes) is 1. The van der Waals surface area contributed by atoms with Gasteiger partial charge < -0.3 is 15.7 Å². The van der Waals surface area contributed by atoms with Gasteiger partial charge in [0.2, 0.25) is 0 Å². The number of carbonyl (C=O) groups excluding carboxylic acids is 1. The molecule has 0 unspecified atom stereocenters. The van der Waals surface area contributed by atoms with E-state index in [4.69, 9.17) is 5.11 Å². The Morgan fingerprint density at radius 1 is 1.29 bits per heavy atom. The molecule has 0 aliphatic heterocycles. The van der Waals surface area contributed by atoms with Gasteiger partial charge in [-0.3, -0.25) is 0 Å². The Kier molecular flexibility index (Phi) is 7.14. The third-order valence-corrected chi connectivity index (χ3v) is 4.07. The molecule has 0 aliphatic rings. The number of carbonyl (C=O) groups is 2. The fourth-order valence-corrected chi connectivity index (χ4v) is 2.67. The first-order valence-electron chi connectivity index (χ1n) is 7.11. The molecule has 118 valence electrons. The number of aromatic carboxylic acids is 1. The van der Waals surface area contributed by atoms with Crippen molar-refractivity contribution in [2.45, 2.75) is 46.6 Å². The number of nitrogens with one attached hydrogen (secondary N) is 2. The van der Waals surface area contributed by atoms with Gasteiger partial charge in [0.05, 0.1) is 12.2 Å². The predicted octanol–water partition coefficient (Wildman–Crippen LogP) is 2.78. The van der Waals surface area contributed by atoms with Crippen molar-refractivity contribution in [3.63, 3.8) is 0 Å². The third kappa shape index (κ3) is 6.57. The van der Waals surface area contributed by atoms with Gasteiger partial charge in [0, 0.05) is 6.54 Å². The van der Waals surface area contributed by atoms with Gasteiger partial charge in [-0.15, -0.1) is 11.3 Å². The highest BCUT2D eigenvalue weighted by atomic mass is 32.1. The van der Waals surface area contributed by atoms with Crippen LogP contribution in [0.4, 0.5) is 4.79 Å². The second-order valence-corrected chi connectivity index (χ2v) is 6.41. The summed E-state index contributed by atoms with van der Waals surface area (Å²) in [5, 5.41) is 15.0. The molecule has 21 heavy (non-hydrogen) atoms. The minimum absolute atomic E-state index is 0.223. The Hall–Kier alpha value is -1.63. The van der Waals surface area contributed by atoms with E-state index in [1.54, 1.807) is 6.92 Å². The first kappa shape index (κ1) is 17.4. The topological polar surface area (TPSA) is 91.3 Å². The first-order chi connectivity index (χ1) is 9.90. The maximum absolute atomic E-state index is 11.6. The fourth-order valence-electron chi connectivity index (χ4n) is 1.82. The number of carboxylic acid groups (broad SMARTS) is 1. The molecule has 1 rings (SSSR count).